The van der Waals surface area contributed by atoms with Gasteiger partial charge in [0.1, 0.15) is 5.60 Å². The molecule has 1 heterocycles. The first-order valence-corrected chi connectivity index (χ1v) is 11.7. The zero-order chi connectivity index (χ0) is 23.6. The summed E-state index contributed by atoms with van der Waals surface area (Å²) in [5.41, 5.74) is 6.28. The molecule has 5 nitrogen and oxygen atoms in total. The van der Waals surface area contributed by atoms with Gasteiger partial charge in [0.05, 0.1) is 11.4 Å². The van der Waals surface area contributed by atoms with E-state index in [1.165, 1.54) is 11.1 Å². The second kappa shape index (κ2) is 9.62. The fourth-order valence-electron chi connectivity index (χ4n) is 3.94. The average molecular weight is 458 g/mol. The Hall–Kier alpha value is -2.40. The van der Waals surface area contributed by atoms with Gasteiger partial charge in [-0.15, -0.1) is 0 Å². The van der Waals surface area contributed by atoms with Crippen LogP contribution >= 0.6 is 11.6 Å². The molecule has 1 aliphatic rings. The van der Waals surface area contributed by atoms with E-state index < -0.39 is 5.60 Å². The third kappa shape index (κ3) is 5.89. The van der Waals surface area contributed by atoms with Gasteiger partial charge in [0.25, 0.3) is 0 Å². The third-order valence-electron chi connectivity index (χ3n) is 5.67. The molecule has 0 aliphatic carbocycles. The molecule has 2 aromatic rings. The fraction of sp³-hybridized carbons (Fsp3) is 0.500. The van der Waals surface area contributed by atoms with Gasteiger partial charge in [-0.25, -0.2) is 4.79 Å². The number of rotatable bonds is 6. The van der Waals surface area contributed by atoms with Gasteiger partial charge in [-0.2, -0.15) is 0 Å². The first-order valence-electron chi connectivity index (χ1n) is 11.3. The summed E-state index contributed by atoms with van der Waals surface area (Å²) in [6.45, 7) is 16.4. The number of nitrogens with zero attached hydrogens (tertiary/aromatic N) is 1. The van der Waals surface area contributed by atoms with Crippen LogP contribution in [0.1, 0.15) is 57.2 Å². The second-order valence-electron chi connectivity index (χ2n) is 10.1. The van der Waals surface area contributed by atoms with Crippen molar-refractivity contribution in [3.8, 4) is 0 Å². The molecule has 1 aliphatic heterocycles. The highest BCUT2D eigenvalue weighted by Crippen LogP contribution is 2.37. The zero-order valence-electron chi connectivity index (χ0n) is 20.3. The van der Waals surface area contributed by atoms with Gasteiger partial charge in [-0.3, -0.25) is 0 Å². The van der Waals surface area contributed by atoms with Gasteiger partial charge in [0, 0.05) is 36.3 Å². The smallest absolute Gasteiger partial charge is 0.410 e. The summed E-state index contributed by atoms with van der Waals surface area (Å²) in [5, 5.41) is 7.96. The van der Waals surface area contributed by atoms with Crippen LogP contribution in [0.5, 0.6) is 0 Å². The lowest BCUT2D eigenvalue weighted by Gasteiger charge is -2.40. The molecule has 174 valence electrons. The summed E-state index contributed by atoms with van der Waals surface area (Å²) < 4.78 is 5.45. The van der Waals surface area contributed by atoms with Crippen molar-refractivity contribution in [2.75, 3.05) is 30.3 Å². The molecule has 3 rings (SSSR count). The van der Waals surface area contributed by atoms with E-state index in [1.807, 2.05) is 32.9 Å². The molecule has 1 fully saturated rings. The number of likely N-dealkylation sites (tertiary alicyclic amines) is 1. The highest BCUT2D eigenvalue weighted by atomic mass is 35.5. The van der Waals surface area contributed by atoms with E-state index in [0.717, 1.165) is 29.2 Å². The Kier molecular flexibility index (Phi) is 7.29. The topological polar surface area (TPSA) is 53.6 Å². The number of nitrogens with one attached hydrogen (secondary N) is 2. The molecule has 1 amide bonds. The Labute approximate surface area is 197 Å². The largest absolute Gasteiger partial charge is 0.444 e. The van der Waals surface area contributed by atoms with E-state index in [0.29, 0.717) is 29.9 Å². The van der Waals surface area contributed by atoms with Crippen molar-refractivity contribution in [3.63, 3.8) is 0 Å². The predicted octanol–water partition coefficient (Wildman–Crippen LogP) is 7.10. The summed E-state index contributed by atoms with van der Waals surface area (Å²) in [4.78, 5) is 13.9. The molecule has 0 spiro atoms. The minimum atomic E-state index is -0.469. The van der Waals surface area contributed by atoms with Gasteiger partial charge in [-0.1, -0.05) is 43.6 Å². The predicted molar refractivity (Wildman–Crippen MR) is 135 cm³/mol. The lowest BCUT2D eigenvalue weighted by molar-refractivity contribution is 0.000846. The van der Waals surface area contributed by atoms with Gasteiger partial charge >= 0.3 is 6.09 Å². The average Bonchev–Trinajstić information content (AvgIpc) is 2.62. The maximum Gasteiger partial charge on any atom is 0.410 e. The standard InChI is InChI=1S/C26H36ClN3O2/c1-16(2)21-10-8-9-17(3)23(21)29-24-18(4)11-20(27)12-22(24)28-13-19-14-30(15-19)25(31)32-26(5,6)7/h8-12,16,19,28-29H,13-15H2,1-7H3. The van der Waals surface area contributed by atoms with E-state index in [2.05, 4.69) is 56.5 Å². The molecule has 2 N–H and O–H groups in total. The molecular weight excluding hydrogens is 422 g/mol. The van der Waals surface area contributed by atoms with E-state index in [1.54, 1.807) is 4.90 Å². The molecule has 0 bridgehead atoms. The number of halogens is 1. The van der Waals surface area contributed by atoms with Gasteiger partial charge in [0.15, 0.2) is 0 Å². The zero-order valence-corrected chi connectivity index (χ0v) is 21.1. The van der Waals surface area contributed by atoms with Crippen molar-refractivity contribution >= 4 is 34.8 Å². The lowest BCUT2D eigenvalue weighted by atomic mass is 9.97. The number of carbonyl (C=O) groups is 1. The van der Waals surface area contributed by atoms with Crippen molar-refractivity contribution in [3.05, 3.63) is 52.0 Å². The minimum absolute atomic E-state index is 0.240. The molecular formula is C26H36ClN3O2. The number of para-hydroxylation sites is 1. The number of ether oxygens (including phenoxy) is 1. The molecule has 0 saturated carbocycles. The molecule has 0 unspecified atom stereocenters. The molecule has 2 aromatic carbocycles. The quantitative estimate of drug-likeness (QED) is 0.485. The summed E-state index contributed by atoms with van der Waals surface area (Å²) in [6.07, 6.45) is -0.240. The second-order valence-corrected chi connectivity index (χ2v) is 10.5. The number of carbonyl (C=O) groups excluding carboxylic acids is 1. The Morgan fingerprint density at radius 1 is 1.16 bits per heavy atom. The summed E-state index contributed by atoms with van der Waals surface area (Å²) in [5.74, 6) is 0.787. The number of anilines is 3. The number of hydrogen-bond acceptors (Lipinski definition) is 4. The van der Waals surface area contributed by atoms with Crippen LogP contribution in [0.3, 0.4) is 0 Å². The highest BCUT2D eigenvalue weighted by Gasteiger charge is 2.33. The fourth-order valence-corrected chi connectivity index (χ4v) is 4.22. The van der Waals surface area contributed by atoms with E-state index in [4.69, 9.17) is 16.3 Å². The lowest BCUT2D eigenvalue weighted by Crippen LogP contribution is -2.53. The molecule has 0 radical (unpaired) electrons. The van der Waals surface area contributed by atoms with Crippen LogP contribution in [0.25, 0.3) is 0 Å². The van der Waals surface area contributed by atoms with Crippen molar-refractivity contribution in [1.29, 1.82) is 0 Å². The van der Waals surface area contributed by atoms with Crippen molar-refractivity contribution in [2.24, 2.45) is 5.92 Å². The molecule has 0 aromatic heterocycles. The molecule has 0 atom stereocenters. The van der Waals surface area contributed by atoms with Crippen molar-refractivity contribution in [2.45, 2.75) is 60.0 Å². The normalized spacial score (nSPS) is 14.3. The van der Waals surface area contributed by atoms with Crippen LogP contribution in [0.15, 0.2) is 30.3 Å². The van der Waals surface area contributed by atoms with Crippen LogP contribution < -0.4 is 10.6 Å². The monoisotopic (exact) mass is 457 g/mol. The molecule has 1 saturated heterocycles. The maximum atomic E-state index is 12.2. The van der Waals surface area contributed by atoms with Crippen molar-refractivity contribution < 1.29 is 9.53 Å². The maximum absolute atomic E-state index is 12.2. The highest BCUT2D eigenvalue weighted by molar-refractivity contribution is 6.31. The van der Waals surface area contributed by atoms with Gasteiger partial charge < -0.3 is 20.3 Å². The van der Waals surface area contributed by atoms with Gasteiger partial charge in [-0.05, 0) is 69.4 Å². The third-order valence-corrected chi connectivity index (χ3v) is 5.89. The van der Waals surface area contributed by atoms with E-state index in [9.17, 15) is 4.79 Å². The Morgan fingerprint density at radius 2 is 1.84 bits per heavy atom. The van der Waals surface area contributed by atoms with Gasteiger partial charge in [0.2, 0.25) is 0 Å². The number of benzene rings is 2. The summed E-state index contributed by atoms with van der Waals surface area (Å²) >= 11 is 6.39. The first kappa shape index (κ1) is 24.2. The molecule has 6 heteroatoms. The van der Waals surface area contributed by atoms with Crippen LogP contribution in [0.4, 0.5) is 21.9 Å². The summed E-state index contributed by atoms with van der Waals surface area (Å²) in [6, 6.07) is 10.4. The Balaban J connectivity index is 1.71. The SMILES string of the molecule is Cc1cc(Cl)cc(NCC2CN(C(=O)OC(C)(C)C)C2)c1Nc1c(C)cccc1C(C)C. The Morgan fingerprint density at radius 3 is 2.47 bits per heavy atom. The number of hydrogen-bond donors (Lipinski definition) is 2. The van der Waals surface area contributed by atoms with E-state index >= 15 is 0 Å². The summed E-state index contributed by atoms with van der Waals surface area (Å²) in [7, 11) is 0. The van der Waals surface area contributed by atoms with Crippen molar-refractivity contribution in [1.82, 2.24) is 4.90 Å². The minimum Gasteiger partial charge on any atom is -0.444 e. The number of amides is 1. The first-order chi connectivity index (χ1) is 14.9. The van der Waals surface area contributed by atoms with Crippen LogP contribution in [0.2, 0.25) is 5.02 Å². The van der Waals surface area contributed by atoms with E-state index in [-0.39, 0.29) is 6.09 Å². The van der Waals surface area contributed by atoms with Crippen LogP contribution in [-0.2, 0) is 4.74 Å². The number of aryl methyl sites for hydroxylation is 2. The molecule has 32 heavy (non-hydrogen) atoms. The van der Waals surface area contributed by atoms with Crippen LogP contribution in [0, 0.1) is 19.8 Å². The Bertz CT molecular complexity index is 976. The van der Waals surface area contributed by atoms with Crippen LogP contribution in [-0.4, -0.2) is 36.2 Å².